The molecule has 0 saturated carbocycles. The Labute approximate surface area is 192 Å². The molecule has 2 amide bonds. The van der Waals surface area contributed by atoms with Crippen molar-refractivity contribution in [2.24, 2.45) is 0 Å². The Morgan fingerprint density at radius 2 is 1.97 bits per heavy atom. The minimum absolute atomic E-state index is 0.0410. The highest BCUT2D eigenvalue weighted by Gasteiger charge is 2.44. The molecule has 7 nitrogen and oxygen atoms in total. The third-order valence-electron chi connectivity index (χ3n) is 6.70. The summed E-state index contributed by atoms with van der Waals surface area (Å²) in [4.78, 5) is 31.6. The molecule has 7 heteroatoms. The number of benzene rings is 1. The van der Waals surface area contributed by atoms with Crippen LogP contribution in [0.3, 0.4) is 0 Å². The summed E-state index contributed by atoms with van der Waals surface area (Å²) in [6, 6.07) is 13.4. The molecule has 0 bridgehead atoms. The topological polar surface area (TPSA) is 84.7 Å². The first-order chi connectivity index (χ1) is 16.0. The number of amides is 2. The monoisotopic (exact) mass is 445 g/mol. The van der Waals surface area contributed by atoms with E-state index >= 15 is 0 Å². The van der Waals surface area contributed by atoms with Crippen molar-refractivity contribution in [3.05, 3.63) is 78.0 Å². The number of para-hydroxylation sites is 1. The number of likely N-dealkylation sites (tertiary alicyclic amines) is 1. The van der Waals surface area contributed by atoms with Crippen molar-refractivity contribution in [3.8, 4) is 5.75 Å². The molecule has 2 aromatic heterocycles. The highest BCUT2D eigenvalue weighted by Crippen LogP contribution is 2.46. The average Bonchev–Trinajstić information content (AvgIpc) is 3.25. The lowest BCUT2D eigenvalue weighted by atomic mass is 9.76. The van der Waals surface area contributed by atoms with E-state index in [1.807, 2.05) is 42.2 Å². The Morgan fingerprint density at radius 3 is 2.70 bits per heavy atom. The van der Waals surface area contributed by atoms with Crippen molar-refractivity contribution in [2.75, 3.05) is 18.4 Å². The highest BCUT2D eigenvalue weighted by molar-refractivity contribution is 5.93. The molecule has 0 aliphatic carbocycles. The Hall–Kier alpha value is -3.61. The quantitative estimate of drug-likeness (QED) is 0.637. The van der Waals surface area contributed by atoms with Crippen molar-refractivity contribution in [1.82, 2.24) is 9.88 Å². The summed E-state index contributed by atoms with van der Waals surface area (Å²) in [5.74, 6) is 1.17. The van der Waals surface area contributed by atoms with Gasteiger partial charge in [-0.1, -0.05) is 18.2 Å². The van der Waals surface area contributed by atoms with Gasteiger partial charge in [-0.2, -0.15) is 0 Å². The van der Waals surface area contributed by atoms with Crippen LogP contribution in [0.4, 0.5) is 5.69 Å². The van der Waals surface area contributed by atoms with Crippen LogP contribution >= 0.6 is 0 Å². The molecule has 1 spiro atoms. The number of pyridine rings is 1. The predicted molar refractivity (Wildman–Crippen MR) is 123 cm³/mol. The number of fused-ring (bicyclic) bond motifs is 1. The van der Waals surface area contributed by atoms with Gasteiger partial charge in [-0.25, -0.2) is 0 Å². The van der Waals surface area contributed by atoms with E-state index in [1.165, 1.54) is 0 Å². The fourth-order valence-electron chi connectivity index (χ4n) is 4.96. The summed E-state index contributed by atoms with van der Waals surface area (Å²) in [6.07, 6.45) is 7.41. The van der Waals surface area contributed by atoms with Gasteiger partial charge in [-0.05, 0) is 43.2 Å². The lowest BCUT2D eigenvalue weighted by molar-refractivity contribution is -0.117. The SMILES string of the molecule is Cc1ccoc1C(=O)N1CCC2(CC1)C[C@H](CC(=O)Nc1cccnc1)c1ccccc1O2. The van der Waals surface area contributed by atoms with Gasteiger partial charge in [0, 0.05) is 50.0 Å². The minimum atomic E-state index is -0.386. The fraction of sp³-hybridized carbons (Fsp3) is 0.346. The first kappa shape index (κ1) is 21.2. The van der Waals surface area contributed by atoms with Gasteiger partial charge >= 0.3 is 0 Å². The molecule has 1 saturated heterocycles. The molecule has 4 heterocycles. The van der Waals surface area contributed by atoms with Gasteiger partial charge in [0.2, 0.25) is 5.91 Å². The summed E-state index contributed by atoms with van der Waals surface area (Å²) in [5.41, 5.74) is 2.22. The Bertz CT molecular complexity index is 1150. The lowest BCUT2D eigenvalue weighted by Gasteiger charge is -2.46. The van der Waals surface area contributed by atoms with Crippen molar-refractivity contribution < 1.29 is 18.7 Å². The van der Waals surface area contributed by atoms with Crippen LogP contribution in [-0.2, 0) is 4.79 Å². The number of piperidine rings is 1. The molecule has 1 fully saturated rings. The van der Waals surface area contributed by atoms with E-state index in [9.17, 15) is 9.59 Å². The van der Waals surface area contributed by atoms with E-state index in [4.69, 9.17) is 9.15 Å². The number of aryl methyl sites for hydroxylation is 1. The number of anilines is 1. The van der Waals surface area contributed by atoms with Gasteiger partial charge in [0.15, 0.2) is 5.76 Å². The summed E-state index contributed by atoms with van der Waals surface area (Å²) in [6.45, 7) is 3.07. The van der Waals surface area contributed by atoms with Crippen molar-refractivity contribution in [2.45, 2.75) is 44.1 Å². The zero-order chi connectivity index (χ0) is 22.8. The number of hydrogen-bond donors (Lipinski definition) is 1. The van der Waals surface area contributed by atoms with Crippen LogP contribution < -0.4 is 10.1 Å². The second-order valence-electron chi connectivity index (χ2n) is 8.94. The molecule has 1 atom stereocenters. The second kappa shape index (κ2) is 8.73. The lowest BCUT2D eigenvalue weighted by Crippen LogP contribution is -2.52. The van der Waals surface area contributed by atoms with Crippen LogP contribution in [0.5, 0.6) is 5.75 Å². The average molecular weight is 446 g/mol. The Morgan fingerprint density at radius 1 is 1.15 bits per heavy atom. The smallest absolute Gasteiger partial charge is 0.289 e. The Kier molecular flexibility index (Phi) is 5.62. The molecule has 0 radical (unpaired) electrons. The van der Waals surface area contributed by atoms with Crippen molar-refractivity contribution >= 4 is 17.5 Å². The maximum Gasteiger partial charge on any atom is 0.289 e. The fourth-order valence-corrected chi connectivity index (χ4v) is 4.96. The zero-order valence-electron chi connectivity index (χ0n) is 18.6. The summed E-state index contributed by atoms with van der Waals surface area (Å²) >= 11 is 0. The van der Waals surface area contributed by atoms with Gasteiger partial charge < -0.3 is 19.4 Å². The van der Waals surface area contributed by atoms with Crippen LogP contribution in [0.15, 0.2) is 65.5 Å². The maximum absolute atomic E-state index is 12.9. The van der Waals surface area contributed by atoms with Crippen molar-refractivity contribution in [1.29, 1.82) is 0 Å². The number of nitrogens with one attached hydrogen (secondary N) is 1. The van der Waals surface area contributed by atoms with E-state index in [0.29, 0.717) is 43.8 Å². The number of carbonyl (C=O) groups excluding carboxylic acids is 2. The first-order valence-corrected chi connectivity index (χ1v) is 11.3. The first-order valence-electron chi connectivity index (χ1n) is 11.3. The molecule has 170 valence electrons. The van der Waals surface area contributed by atoms with Gasteiger partial charge in [0.05, 0.1) is 18.1 Å². The molecule has 1 N–H and O–H groups in total. The van der Waals surface area contributed by atoms with Gasteiger partial charge in [0.25, 0.3) is 5.91 Å². The van der Waals surface area contributed by atoms with E-state index in [2.05, 4.69) is 10.3 Å². The van der Waals surface area contributed by atoms with E-state index < -0.39 is 0 Å². The van der Waals surface area contributed by atoms with Crippen LogP contribution in [-0.4, -0.2) is 40.4 Å². The second-order valence-corrected chi connectivity index (χ2v) is 8.94. The minimum Gasteiger partial charge on any atom is -0.487 e. The molecule has 3 aromatic rings. The molecule has 0 unspecified atom stereocenters. The van der Waals surface area contributed by atoms with E-state index in [0.717, 1.165) is 23.3 Å². The number of ether oxygens (including phenoxy) is 1. The predicted octanol–water partition coefficient (Wildman–Crippen LogP) is 4.55. The van der Waals surface area contributed by atoms with E-state index in [-0.39, 0.29) is 23.3 Å². The largest absolute Gasteiger partial charge is 0.487 e. The molecule has 5 rings (SSSR count). The molecule has 2 aliphatic rings. The highest BCUT2D eigenvalue weighted by atomic mass is 16.5. The normalized spacial score (nSPS) is 18.9. The van der Waals surface area contributed by atoms with Crippen LogP contribution in [0.2, 0.25) is 0 Å². The van der Waals surface area contributed by atoms with Crippen molar-refractivity contribution in [3.63, 3.8) is 0 Å². The number of rotatable bonds is 4. The van der Waals surface area contributed by atoms with Crippen LogP contribution in [0.25, 0.3) is 0 Å². The van der Waals surface area contributed by atoms with Gasteiger partial charge in [-0.3, -0.25) is 14.6 Å². The maximum atomic E-state index is 12.9. The number of furan rings is 1. The summed E-state index contributed by atoms with van der Waals surface area (Å²) < 4.78 is 11.9. The van der Waals surface area contributed by atoms with E-state index in [1.54, 1.807) is 30.8 Å². The number of hydrogen-bond acceptors (Lipinski definition) is 5. The molecule has 33 heavy (non-hydrogen) atoms. The number of nitrogens with zero attached hydrogens (tertiary/aromatic N) is 2. The molecular formula is C26H27N3O4. The standard InChI is InChI=1S/C26H27N3O4/c1-18-8-14-32-24(18)25(31)29-12-9-26(10-13-29)16-19(21-6-2-3-7-22(21)33-26)15-23(30)28-20-5-4-11-27-17-20/h2-8,11,14,17,19H,9-10,12-13,15-16H2,1H3,(H,28,30)/t19-/m0/s1. The molecule has 2 aliphatic heterocycles. The summed E-state index contributed by atoms with van der Waals surface area (Å²) in [7, 11) is 0. The van der Waals surface area contributed by atoms with Gasteiger partial charge in [-0.15, -0.1) is 0 Å². The molecular weight excluding hydrogens is 418 g/mol. The number of aromatic nitrogens is 1. The molecule has 1 aromatic carbocycles. The van der Waals surface area contributed by atoms with Crippen LogP contribution in [0.1, 0.15) is 53.3 Å². The number of carbonyl (C=O) groups is 2. The third-order valence-corrected chi connectivity index (χ3v) is 6.70. The van der Waals surface area contributed by atoms with Gasteiger partial charge in [0.1, 0.15) is 11.4 Å². The van der Waals surface area contributed by atoms with Crippen LogP contribution in [0, 0.1) is 6.92 Å². The summed E-state index contributed by atoms with van der Waals surface area (Å²) in [5, 5.41) is 2.95. The Balaban J connectivity index is 1.30. The third kappa shape index (κ3) is 4.35. The zero-order valence-corrected chi connectivity index (χ0v) is 18.6.